The van der Waals surface area contributed by atoms with Crippen molar-refractivity contribution in [1.82, 2.24) is 19.6 Å². The lowest BCUT2D eigenvalue weighted by molar-refractivity contribution is -0.118. The molecule has 3 heterocycles. The number of aromatic nitrogens is 4. The van der Waals surface area contributed by atoms with E-state index in [-0.39, 0.29) is 5.91 Å². The van der Waals surface area contributed by atoms with Gasteiger partial charge in [-0.1, -0.05) is 12.1 Å². The van der Waals surface area contributed by atoms with Gasteiger partial charge < -0.3 is 9.80 Å². The zero-order chi connectivity index (χ0) is 17.6. The Morgan fingerprint density at radius 3 is 2.92 bits per heavy atom. The van der Waals surface area contributed by atoms with Crippen molar-refractivity contribution in [2.75, 3.05) is 23.4 Å². The predicted molar refractivity (Wildman–Crippen MR) is 91.1 cm³/mol. The van der Waals surface area contributed by atoms with Crippen LogP contribution in [-0.4, -0.2) is 45.1 Å². The summed E-state index contributed by atoms with van der Waals surface area (Å²) >= 11 is 0. The maximum absolute atomic E-state index is 14.0. The Morgan fingerprint density at radius 2 is 2.12 bits per heavy atom. The molecule has 1 fully saturated rings. The quantitative estimate of drug-likeness (QED) is 0.727. The summed E-state index contributed by atoms with van der Waals surface area (Å²) < 4.78 is 15.7. The molecule has 128 valence electrons. The summed E-state index contributed by atoms with van der Waals surface area (Å²) in [6, 6.07) is 7.81. The number of benzene rings is 1. The molecule has 8 heteroatoms. The van der Waals surface area contributed by atoms with Crippen molar-refractivity contribution in [3.63, 3.8) is 0 Å². The highest BCUT2D eigenvalue weighted by Gasteiger charge is 2.37. The van der Waals surface area contributed by atoms with Gasteiger partial charge in [0.25, 0.3) is 5.78 Å². The fourth-order valence-corrected chi connectivity index (χ4v) is 3.26. The van der Waals surface area contributed by atoms with E-state index >= 15 is 0 Å². The van der Waals surface area contributed by atoms with Crippen molar-refractivity contribution in [3.8, 4) is 0 Å². The van der Waals surface area contributed by atoms with E-state index in [1.54, 1.807) is 22.7 Å². The van der Waals surface area contributed by atoms with Gasteiger partial charge in [0.2, 0.25) is 5.91 Å². The number of anilines is 2. The number of likely N-dealkylation sites (N-methyl/N-ethyl adjacent to an activating group) is 1. The monoisotopic (exact) mass is 340 g/mol. The van der Waals surface area contributed by atoms with Gasteiger partial charge in [0.1, 0.15) is 24.0 Å². The number of fused-ring (bicyclic) bond motifs is 1. The van der Waals surface area contributed by atoms with Crippen molar-refractivity contribution in [3.05, 3.63) is 48.2 Å². The van der Waals surface area contributed by atoms with Gasteiger partial charge in [-0.15, -0.1) is 0 Å². The van der Waals surface area contributed by atoms with Crippen LogP contribution in [0.15, 0.2) is 36.7 Å². The summed E-state index contributed by atoms with van der Waals surface area (Å²) in [4.78, 5) is 24.7. The lowest BCUT2D eigenvalue weighted by Gasteiger charge is -2.26. The molecule has 3 aromatic rings. The van der Waals surface area contributed by atoms with Crippen LogP contribution in [0.25, 0.3) is 5.78 Å². The Morgan fingerprint density at radius 1 is 1.32 bits per heavy atom. The third-order valence-corrected chi connectivity index (χ3v) is 4.51. The fraction of sp³-hybridized carbons (Fsp3) is 0.294. The van der Waals surface area contributed by atoms with Gasteiger partial charge in [0.05, 0.1) is 5.69 Å². The maximum atomic E-state index is 14.0. The van der Waals surface area contributed by atoms with E-state index in [2.05, 4.69) is 15.1 Å². The van der Waals surface area contributed by atoms with Crippen LogP contribution in [0.2, 0.25) is 0 Å². The number of aryl methyl sites for hydroxylation is 1. The third-order valence-electron chi connectivity index (χ3n) is 4.51. The molecule has 1 saturated heterocycles. The van der Waals surface area contributed by atoms with Gasteiger partial charge in [-0.3, -0.25) is 4.79 Å². The first-order valence-corrected chi connectivity index (χ1v) is 8.02. The first-order valence-electron chi connectivity index (χ1n) is 8.02. The molecule has 25 heavy (non-hydrogen) atoms. The van der Waals surface area contributed by atoms with Crippen LogP contribution in [0.5, 0.6) is 0 Å². The number of carbonyl (C=O) groups excluding carboxylic acids is 1. The van der Waals surface area contributed by atoms with Gasteiger partial charge in [0, 0.05) is 25.4 Å². The van der Waals surface area contributed by atoms with E-state index in [4.69, 9.17) is 0 Å². The minimum Gasteiger partial charge on any atom is -0.347 e. The summed E-state index contributed by atoms with van der Waals surface area (Å²) in [6.07, 6.45) is 2.03. The van der Waals surface area contributed by atoms with Gasteiger partial charge in [-0.2, -0.15) is 14.6 Å². The first kappa shape index (κ1) is 15.5. The van der Waals surface area contributed by atoms with Crippen molar-refractivity contribution >= 4 is 23.2 Å². The summed E-state index contributed by atoms with van der Waals surface area (Å²) in [5, 5.41) is 4.19. The maximum Gasteiger partial charge on any atom is 0.254 e. The smallest absolute Gasteiger partial charge is 0.254 e. The molecule has 0 aliphatic carbocycles. The Kier molecular flexibility index (Phi) is 3.60. The minimum absolute atomic E-state index is 0.129. The molecule has 1 aliphatic rings. The molecular weight excluding hydrogens is 323 g/mol. The molecule has 1 aliphatic heterocycles. The van der Waals surface area contributed by atoms with Crippen molar-refractivity contribution in [2.45, 2.75) is 19.4 Å². The standard InChI is InChI=1S/C17H17FN6O/c1-11-9-15(24-17(21-11)19-10-20-24)22(2)14-7-8-23(16(14)25)13-6-4-3-5-12(13)18/h3-6,9-10,14H,7-8H2,1-2H3/t14-/m0/s1. The number of hydrogen-bond donors (Lipinski definition) is 0. The highest BCUT2D eigenvalue weighted by atomic mass is 19.1. The van der Waals surface area contributed by atoms with Crippen LogP contribution in [-0.2, 0) is 4.79 Å². The summed E-state index contributed by atoms with van der Waals surface area (Å²) in [6.45, 7) is 2.34. The van der Waals surface area contributed by atoms with Crippen LogP contribution in [0.3, 0.4) is 0 Å². The predicted octanol–water partition coefficient (Wildman–Crippen LogP) is 1.81. The van der Waals surface area contributed by atoms with Crippen LogP contribution in [0.4, 0.5) is 15.9 Å². The summed E-state index contributed by atoms with van der Waals surface area (Å²) in [7, 11) is 1.84. The number of carbonyl (C=O) groups is 1. The van der Waals surface area contributed by atoms with Gasteiger partial charge >= 0.3 is 0 Å². The SMILES string of the molecule is Cc1cc(N(C)[C@H]2CCN(c3ccccc3F)C2=O)n2ncnc2n1. The second kappa shape index (κ2) is 5.80. The molecule has 7 nitrogen and oxygen atoms in total. The fourth-order valence-electron chi connectivity index (χ4n) is 3.26. The summed E-state index contributed by atoms with van der Waals surface area (Å²) in [5.74, 6) is 0.694. The molecule has 0 N–H and O–H groups in total. The second-order valence-electron chi connectivity index (χ2n) is 6.08. The molecular formula is C17H17FN6O. The van der Waals surface area contributed by atoms with Crippen LogP contribution >= 0.6 is 0 Å². The molecule has 0 radical (unpaired) electrons. The lowest BCUT2D eigenvalue weighted by Crippen LogP contribution is -2.41. The molecule has 2 aromatic heterocycles. The zero-order valence-corrected chi connectivity index (χ0v) is 13.9. The highest BCUT2D eigenvalue weighted by molar-refractivity contribution is 6.01. The van der Waals surface area contributed by atoms with Crippen molar-refractivity contribution in [1.29, 1.82) is 0 Å². The third kappa shape index (κ3) is 2.50. The van der Waals surface area contributed by atoms with Gasteiger partial charge in [-0.05, 0) is 25.5 Å². The van der Waals surface area contributed by atoms with Crippen molar-refractivity contribution in [2.24, 2.45) is 0 Å². The number of halogens is 1. The Labute approximate surface area is 143 Å². The van der Waals surface area contributed by atoms with Crippen LogP contribution in [0.1, 0.15) is 12.1 Å². The molecule has 1 aromatic carbocycles. The number of hydrogen-bond acceptors (Lipinski definition) is 5. The van der Waals surface area contributed by atoms with E-state index < -0.39 is 11.9 Å². The number of para-hydroxylation sites is 1. The molecule has 1 amide bonds. The minimum atomic E-state index is -0.395. The largest absolute Gasteiger partial charge is 0.347 e. The molecule has 1 atom stereocenters. The second-order valence-corrected chi connectivity index (χ2v) is 6.08. The number of amides is 1. The molecule has 0 saturated carbocycles. The van der Waals surface area contributed by atoms with Crippen LogP contribution in [0, 0.1) is 12.7 Å². The average molecular weight is 340 g/mol. The van der Waals surface area contributed by atoms with Crippen molar-refractivity contribution < 1.29 is 9.18 Å². The normalized spacial score (nSPS) is 17.5. The summed E-state index contributed by atoms with van der Waals surface area (Å²) in [5.41, 5.74) is 1.11. The Hall–Kier alpha value is -3.03. The molecule has 0 unspecified atom stereocenters. The van der Waals surface area contributed by atoms with Crippen LogP contribution < -0.4 is 9.80 Å². The molecule has 4 rings (SSSR count). The molecule has 0 spiro atoms. The van der Waals surface area contributed by atoms with E-state index in [1.807, 2.05) is 24.9 Å². The first-order chi connectivity index (χ1) is 12.1. The Balaban J connectivity index is 1.67. The van der Waals surface area contributed by atoms with E-state index in [9.17, 15) is 9.18 Å². The molecule has 0 bridgehead atoms. The zero-order valence-electron chi connectivity index (χ0n) is 13.9. The highest BCUT2D eigenvalue weighted by Crippen LogP contribution is 2.28. The van der Waals surface area contributed by atoms with E-state index in [0.29, 0.717) is 24.4 Å². The topological polar surface area (TPSA) is 66.6 Å². The van der Waals surface area contributed by atoms with E-state index in [0.717, 1.165) is 11.5 Å². The average Bonchev–Trinajstić information content (AvgIpc) is 3.20. The van der Waals surface area contributed by atoms with Gasteiger partial charge in [0.15, 0.2) is 0 Å². The van der Waals surface area contributed by atoms with E-state index in [1.165, 1.54) is 17.3 Å². The Bertz CT molecular complexity index is 955. The number of rotatable bonds is 3. The van der Waals surface area contributed by atoms with Gasteiger partial charge in [-0.25, -0.2) is 9.37 Å². The number of nitrogens with zero attached hydrogens (tertiary/aromatic N) is 6. The lowest BCUT2D eigenvalue weighted by atomic mass is 10.2.